The van der Waals surface area contributed by atoms with Crippen molar-refractivity contribution < 1.29 is 62.0 Å². The van der Waals surface area contributed by atoms with Crippen molar-refractivity contribution in [3.8, 4) is 11.1 Å². The zero-order valence-electron chi connectivity index (χ0n) is 39.2. The molecule has 17 heteroatoms. The molecule has 4 aromatic rings. The molecule has 0 spiro atoms. The topological polar surface area (TPSA) is 205 Å². The largest absolute Gasteiger partial charge is 0.467 e. The fraction of sp³-hybridized carbons (Fsp3) is 0.380. The number of carbonyl (C=O) groups is 7. The highest BCUT2D eigenvalue weighted by Gasteiger charge is 2.40. The second kappa shape index (κ2) is 22.2. The van der Waals surface area contributed by atoms with Crippen LogP contribution in [0.5, 0.6) is 0 Å². The number of amides is 5. The molecule has 0 unspecified atom stereocenters. The first-order valence-electron chi connectivity index (χ1n) is 21.7. The summed E-state index contributed by atoms with van der Waals surface area (Å²) in [6, 6.07) is 25.9. The van der Waals surface area contributed by atoms with E-state index in [0.717, 1.165) is 36.5 Å². The predicted octanol–water partition coefficient (Wildman–Crippen LogP) is 8.98. The Labute approximate surface area is 390 Å². The van der Waals surface area contributed by atoms with E-state index in [0.29, 0.717) is 10.5 Å². The number of ether oxygens (including phenoxy) is 6. The lowest BCUT2D eigenvalue weighted by Crippen LogP contribution is -2.51. The second-order valence-electron chi connectivity index (χ2n) is 17.6. The van der Waals surface area contributed by atoms with Crippen molar-refractivity contribution in [2.24, 2.45) is 0 Å². The van der Waals surface area contributed by atoms with Crippen LogP contribution in [-0.2, 0) is 44.6 Å². The number of benzene rings is 4. The van der Waals surface area contributed by atoms with Crippen LogP contribution in [0, 0.1) is 0 Å². The molecule has 2 atom stereocenters. The van der Waals surface area contributed by atoms with Crippen LogP contribution in [-0.4, -0.2) is 97.8 Å². The van der Waals surface area contributed by atoms with Crippen molar-refractivity contribution >= 4 is 53.6 Å². The van der Waals surface area contributed by atoms with Crippen molar-refractivity contribution in [3.63, 3.8) is 0 Å². The van der Waals surface area contributed by atoms with Gasteiger partial charge in [-0.3, -0.25) is 9.69 Å². The smallest absolute Gasteiger partial charge is 0.420 e. The summed E-state index contributed by atoms with van der Waals surface area (Å²) in [5.74, 6) is -2.71. The predicted molar refractivity (Wildman–Crippen MR) is 247 cm³/mol. The molecule has 0 saturated carbocycles. The van der Waals surface area contributed by atoms with E-state index in [1.54, 1.807) is 71.9 Å². The number of hydrogen-bond donors (Lipinski definition) is 2. The zero-order valence-corrected chi connectivity index (χ0v) is 39.2. The SMILES string of the molecule is COC(=O)c1cc(N(CCC[C@@H](C(=O)OC)N(C(=O)OCc2ccccc2)C(=O)OC(C)(C)C)C(=O)OC(C)(C)C)ccc1NC(=O)[C@H](C)NC(=O)OCC1c2ccccc2-c2ccccc21. The number of nitrogens with one attached hydrogen (secondary N) is 2. The number of alkyl carbamates (subject to hydrolysis) is 1. The summed E-state index contributed by atoms with van der Waals surface area (Å²) >= 11 is 0. The van der Waals surface area contributed by atoms with Crippen LogP contribution >= 0.6 is 0 Å². The van der Waals surface area contributed by atoms with Gasteiger partial charge in [0, 0.05) is 18.2 Å². The van der Waals surface area contributed by atoms with Gasteiger partial charge < -0.3 is 39.1 Å². The minimum Gasteiger partial charge on any atom is -0.467 e. The zero-order chi connectivity index (χ0) is 49.1. The van der Waals surface area contributed by atoms with E-state index in [-0.39, 0.29) is 55.5 Å². The summed E-state index contributed by atoms with van der Waals surface area (Å²) in [6.07, 6.45) is -4.28. The third kappa shape index (κ3) is 13.6. The molecule has 67 heavy (non-hydrogen) atoms. The fourth-order valence-electron chi connectivity index (χ4n) is 7.21. The molecule has 4 aromatic carbocycles. The van der Waals surface area contributed by atoms with Crippen molar-refractivity contribution in [3.05, 3.63) is 119 Å². The van der Waals surface area contributed by atoms with Gasteiger partial charge in [-0.1, -0.05) is 78.9 Å². The van der Waals surface area contributed by atoms with Crippen LogP contribution in [0.2, 0.25) is 0 Å². The average Bonchev–Trinajstić information content (AvgIpc) is 3.60. The van der Waals surface area contributed by atoms with Crippen LogP contribution in [0.1, 0.15) is 94.3 Å². The molecule has 5 rings (SSSR count). The van der Waals surface area contributed by atoms with Crippen molar-refractivity contribution in [1.82, 2.24) is 10.2 Å². The molecule has 5 amide bonds. The van der Waals surface area contributed by atoms with Crippen molar-refractivity contribution in [2.75, 3.05) is 37.6 Å². The van der Waals surface area contributed by atoms with Gasteiger partial charge in [0.2, 0.25) is 5.91 Å². The number of anilines is 2. The number of methoxy groups -OCH3 is 2. The van der Waals surface area contributed by atoms with E-state index in [9.17, 15) is 33.6 Å². The van der Waals surface area contributed by atoms with Gasteiger partial charge in [-0.25, -0.2) is 28.8 Å². The van der Waals surface area contributed by atoms with Gasteiger partial charge in [0.25, 0.3) is 0 Å². The number of esters is 2. The number of rotatable bonds is 15. The molecule has 0 bridgehead atoms. The highest BCUT2D eigenvalue weighted by atomic mass is 16.6. The van der Waals surface area contributed by atoms with Gasteiger partial charge in [-0.2, -0.15) is 4.90 Å². The van der Waals surface area contributed by atoms with Gasteiger partial charge >= 0.3 is 36.3 Å². The molecule has 1 aliphatic rings. The summed E-state index contributed by atoms with van der Waals surface area (Å²) in [5, 5.41) is 5.19. The molecule has 0 aromatic heterocycles. The minimum atomic E-state index is -1.56. The Morgan fingerprint density at radius 1 is 0.687 bits per heavy atom. The number of imide groups is 1. The Hall–Kier alpha value is -7.43. The van der Waals surface area contributed by atoms with E-state index in [1.807, 2.05) is 48.5 Å². The number of carbonyl (C=O) groups excluding carboxylic acids is 7. The van der Waals surface area contributed by atoms with Crippen LogP contribution in [0.4, 0.5) is 30.6 Å². The Morgan fingerprint density at radius 3 is 1.85 bits per heavy atom. The van der Waals surface area contributed by atoms with Gasteiger partial charge in [0.1, 0.15) is 36.5 Å². The molecule has 356 valence electrons. The van der Waals surface area contributed by atoms with Gasteiger partial charge in [0.05, 0.1) is 25.5 Å². The molecule has 0 heterocycles. The number of hydrogen-bond acceptors (Lipinski definition) is 13. The number of fused-ring (bicyclic) bond motifs is 3. The number of nitrogens with zero attached hydrogens (tertiary/aromatic N) is 2. The molecule has 0 saturated heterocycles. The van der Waals surface area contributed by atoms with Crippen LogP contribution in [0.15, 0.2) is 97.1 Å². The Bertz CT molecular complexity index is 2400. The maximum absolute atomic E-state index is 13.8. The van der Waals surface area contributed by atoms with E-state index in [1.165, 1.54) is 30.0 Å². The van der Waals surface area contributed by atoms with Gasteiger partial charge in [-0.05, 0) is 107 Å². The Kier molecular flexibility index (Phi) is 16.7. The lowest BCUT2D eigenvalue weighted by Gasteiger charge is -2.31. The van der Waals surface area contributed by atoms with E-state index < -0.39 is 65.5 Å². The summed E-state index contributed by atoms with van der Waals surface area (Å²) in [5.41, 5.74) is 2.73. The molecular formula is C50H58N4O13. The summed E-state index contributed by atoms with van der Waals surface area (Å²) in [4.78, 5) is 95.8. The van der Waals surface area contributed by atoms with Crippen molar-refractivity contribution in [1.29, 1.82) is 0 Å². The third-order valence-electron chi connectivity index (χ3n) is 10.3. The van der Waals surface area contributed by atoms with E-state index in [4.69, 9.17) is 28.4 Å². The Morgan fingerprint density at radius 2 is 1.27 bits per heavy atom. The first-order chi connectivity index (χ1) is 31.7. The van der Waals surface area contributed by atoms with Crippen molar-refractivity contribution in [2.45, 2.75) is 97.1 Å². The molecule has 17 nitrogen and oxygen atoms in total. The maximum Gasteiger partial charge on any atom is 0.420 e. The first kappa shape index (κ1) is 50.6. The monoisotopic (exact) mass is 922 g/mol. The molecule has 0 aliphatic heterocycles. The van der Waals surface area contributed by atoms with E-state index >= 15 is 0 Å². The minimum absolute atomic E-state index is 0.00120. The summed E-state index contributed by atoms with van der Waals surface area (Å²) in [6.45, 7) is 10.8. The van der Waals surface area contributed by atoms with Gasteiger partial charge in [-0.15, -0.1) is 0 Å². The molecule has 1 aliphatic carbocycles. The lowest BCUT2D eigenvalue weighted by atomic mass is 9.98. The maximum atomic E-state index is 13.8. The third-order valence-corrected chi connectivity index (χ3v) is 10.3. The second-order valence-corrected chi connectivity index (χ2v) is 17.6. The van der Waals surface area contributed by atoms with Crippen LogP contribution in [0.3, 0.4) is 0 Å². The summed E-state index contributed by atoms with van der Waals surface area (Å²) in [7, 11) is 2.24. The Balaban J connectivity index is 1.32. The highest BCUT2D eigenvalue weighted by molar-refractivity contribution is 6.04. The summed E-state index contributed by atoms with van der Waals surface area (Å²) < 4.78 is 32.3. The average molecular weight is 923 g/mol. The highest BCUT2D eigenvalue weighted by Crippen LogP contribution is 2.44. The van der Waals surface area contributed by atoms with E-state index in [2.05, 4.69) is 10.6 Å². The normalized spacial score (nSPS) is 12.8. The van der Waals surface area contributed by atoms with Crippen LogP contribution < -0.4 is 15.5 Å². The fourth-order valence-corrected chi connectivity index (χ4v) is 7.21. The lowest BCUT2D eigenvalue weighted by molar-refractivity contribution is -0.146. The standard InChI is InChI=1S/C50H58N4O13/c1-31(51-45(58)64-30-39-36-22-15-13-20-34(36)35-21-14-16-23-37(35)39)42(55)52-40-26-25-33(28-38(40)43(56)62-8)53(46(59)66-49(2,3)4)27-17-24-41(44(57)63-9)54(48(61)67-50(5,6)7)47(60)65-29-32-18-11-10-12-19-32/h10-16,18-23,25-26,28,31,39,41H,17,24,27,29-30H2,1-9H3,(H,51,58)(H,52,55)/t31-,41-/m0/s1. The molecular weight excluding hydrogens is 865 g/mol. The quantitative estimate of drug-likeness (QED) is 0.0845. The van der Waals surface area contributed by atoms with Gasteiger partial charge in [0.15, 0.2) is 0 Å². The van der Waals surface area contributed by atoms with Crippen LogP contribution in [0.25, 0.3) is 11.1 Å². The molecule has 0 fully saturated rings. The molecule has 0 radical (unpaired) electrons. The molecule has 2 N–H and O–H groups in total. The first-order valence-corrected chi connectivity index (χ1v) is 21.7.